The fourth-order valence-corrected chi connectivity index (χ4v) is 3.93. The molecule has 8 nitrogen and oxygen atoms in total. The molecule has 0 unspecified atom stereocenters. The van der Waals surface area contributed by atoms with Gasteiger partial charge in [0.05, 0.1) is 10.5 Å². The van der Waals surface area contributed by atoms with E-state index in [4.69, 9.17) is 4.74 Å². The monoisotopic (exact) mass is 406 g/mol. The molecule has 2 aromatic carbocycles. The molecule has 2 aromatic rings. The Kier molecular flexibility index (Phi) is 7.13. The average Bonchev–Trinajstić information content (AvgIpc) is 2.67. The molecule has 0 saturated carbocycles. The Balaban J connectivity index is 1.95. The van der Waals surface area contributed by atoms with Crippen LogP contribution in [0.4, 0.5) is 5.69 Å². The fraction of sp³-hybridized carbons (Fsp3) is 0.263. The lowest BCUT2D eigenvalue weighted by molar-refractivity contribution is -0.119. The third-order valence-corrected chi connectivity index (χ3v) is 5.96. The van der Waals surface area contributed by atoms with Gasteiger partial charge in [-0.2, -0.15) is 4.31 Å². The lowest BCUT2D eigenvalue weighted by atomic mass is 10.2. The van der Waals surface area contributed by atoms with E-state index in [-0.39, 0.29) is 16.2 Å². The Morgan fingerprint density at radius 2 is 1.71 bits per heavy atom. The van der Waals surface area contributed by atoms with Gasteiger partial charge in [0, 0.05) is 18.8 Å². The molecule has 0 aliphatic rings. The van der Waals surface area contributed by atoms with Crippen LogP contribution in [0.5, 0.6) is 5.75 Å². The molecule has 28 heavy (non-hydrogen) atoms. The number of amides is 1. The molecule has 0 aliphatic heterocycles. The molecule has 2 rings (SSSR count). The summed E-state index contributed by atoms with van der Waals surface area (Å²) in [4.78, 5) is 23.9. The van der Waals surface area contributed by atoms with Crippen molar-refractivity contribution in [2.45, 2.75) is 18.7 Å². The second kappa shape index (κ2) is 9.34. The predicted octanol–water partition coefficient (Wildman–Crippen LogP) is 2.22. The highest BCUT2D eigenvalue weighted by atomic mass is 32.2. The van der Waals surface area contributed by atoms with Gasteiger partial charge in [-0.3, -0.25) is 4.79 Å². The van der Waals surface area contributed by atoms with Gasteiger partial charge in [-0.15, -0.1) is 0 Å². The summed E-state index contributed by atoms with van der Waals surface area (Å²) in [6, 6.07) is 11.3. The molecule has 2 N–H and O–H groups in total. The first-order valence-electron chi connectivity index (χ1n) is 8.64. The molecular weight excluding hydrogens is 384 g/mol. The van der Waals surface area contributed by atoms with Crippen molar-refractivity contribution < 1.29 is 27.9 Å². The van der Waals surface area contributed by atoms with Crippen LogP contribution < -0.4 is 5.32 Å². The number of carbonyl (C=O) groups is 2. The van der Waals surface area contributed by atoms with E-state index in [1.807, 2.05) is 0 Å². The summed E-state index contributed by atoms with van der Waals surface area (Å²) in [6.45, 7) is 3.72. The van der Waals surface area contributed by atoms with E-state index in [1.165, 1.54) is 52.8 Å². The van der Waals surface area contributed by atoms with Crippen molar-refractivity contribution in [2.24, 2.45) is 0 Å². The molecule has 0 aromatic heterocycles. The number of nitrogens with one attached hydrogen (secondary N) is 1. The fourth-order valence-electron chi connectivity index (χ4n) is 2.47. The zero-order valence-electron chi connectivity index (χ0n) is 15.6. The summed E-state index contributed by atoms with van der Waals surface area (Å²) in [6.07, 6.45) is 0. The summed E-state index contributed by atoms with van der Waals surface area (Å²) >= 11 is 0. The van der Waals surface area contributed by atoms with Crippen molar-refractivity contribution in [1.82, 2.24) is 4.31 Å². The van der Waals surface area contributed by atoms with Crippen molar-refractivity contribution in [2.75, 3.05) is 25.0 Å². The number of rotatable bonds is 8. The van der Waals surface area contributed by atoms with E-state index in [9.17, 15) is 23.1 Å². The molecule has 0 bridgehead atoms. The molecular formula is C19H22N2O6S. The van der Waals surface area contributed by atoms with Crippen LogP contribution >= 0.6 is 0 Å². The number of phenolic OH excluding ortho intramolecular Hbond substituents is 1. The van der Waals surface area contributed by atoms with Crippen LogP contribution in [0.25, 0.3) is 0 Å². The van der Waals surface area contributed by atoms with Gasteiger partial charge in [0.25, 0.3) is 5.91 Å². The summed E-state index contributed by atoms with van der Waals surface area (Å²) < 4.78 is 31.1. The van der Waals surface area contributed by atoms with Crippen LogP contribution in [0.2, 0.25) is 0 Å². The number of aromatic hydroxyl groups is 1. The van der Waals surface area contributed by atoms with Crippen molar-refractivity contribution in [3.05, 3.63) is 54.1 Å². The van der Waals surface area contributed by atoms with Gasteiger partial charge in [-0.1, -0.05) is 19.9 Å². The third-order valence-electron chi connectivity index (χ3n) is 3.90. The van der Waals surface area contributed by atoms with Crippen LogP contribution in [0.1, 0.15) is 24.2 Å². The Labute approximate surface area is 163 Å². The van der Waals surface area contributed by atoms with Gasteiger partial charge >= 0.3 is 5.97 Å². The first kappa shape index (κ1) is 21.4. The smallest absolute Gasteiger partial charge is 0.338 e. The topological polar surface area (TPSA) is 113 Å². The second-order valence-electron chi connectivity index (χ2n) is 5.79. The standard InChI is InChI=1S/C19H22N2O6S/c1-3-21(4-2)28(25,26)17-10-8-15(9-11-17)20-18(23)13-27-19(24)14-6-5-7-16(22)12-14/h5-12,22H,3-4,13H2,1-2H3,(H,20,23). The zero-order valence-corrected chi connectivity index (χ0v) is 16.4. The van der Waals surface area contributed by atoms with Crippen LogP contribution in [0.3, 0.4) is 0 Å². The molecule has 9 heteroatoms. The van der Waals surface area contributed by atoms with E-state index in [2.05, 4.69) is 5.32 Å². The van der Waals surface area contributed by atoms with Crippen LogP contribution in [-0.4, -0.2) is 49.4 Å². The van der Waals surface area contributed by atoms with Gasteiger partial charge in [-0.05, 0) is 42.5 Å². The summed E-state index contributed by atoms with van der Waals surface area (Å²) in [5.41, 5.74) is 0.496. The Morgan fingerprint density at radius 1 is 1.07 bits per heavy atom. The van der Waals surface area contributed by atoms with E-state index in [0.29, 0.717) is 18.8 Å². The SMILES string of the molecule is CCN(CC)S(=O)(=O)c1ccc(NC(=O)COC(=O)c2cccc(O)c2)cc1. The number of hydrogen-bond donors (Lipinski definition) is 2. The lowest BCUT2D eigenvalue weighted by Gasteiger charge is -2.18. The van der Waals surface area contributed by atoms with Crippen LogP contribution in [0.15, 0.2) is 53.4 Å². The molecule has 0 spiro atoms. The minimum Gasteiger partial charge on any atom is -0.508 e. The average molecular weight is 406 g/mol. The number of sulfonamides is 1. The Morgan fingerprint density at radius 3 is 2.29 bits per heavy atom. The summed E-state index contributed by atoms with van der Waals surface area (Å²) in [5.74, 6) is -1.40. The highest BCUT2D eigenvalue weighted by Gasteiger charge is 2.21. The van der Waals surface area contributed by atoms with Crippen LogP contribution in [0, 0.1) is 0 Å². The van der Waals surface area contributed by atoms with E-state index in [0.717, 1.165) is 0 Å². The number of carbonyl (C=O) groups excluding carboxylic acids is 2. The number of benzene rings is 2. The number of phenols is 1. The summed E-state index contributed by atoms with van der Waals surface area (Å²) in [7, 11) is -3.57. The molecule has 0 radical (unpaired) electrons. The van der Waals surface area contributed by atoms with Gasteiger partial charge in [0.2, 0.25) is 10.0 Å². The largest absolute Gasteiger partial charge is 0.508 e. The molecule has 0 atom stereocenters. The quantitative estimate of drug-likeness (QED) is 0.650. The lowest BCUT2D eigenvalue weighted by Crippen LogP contribution is -2.30. The van der Waals surface area contributed by atoms with E-state index < -0.39 is 28.5 Å². The second-order valence-corrected chi connectivity index (χ2v) is 7.73. The third kappa shape index (κ3) is 5.30. The number of nitrogens with zero attached hydrogens (tertiary/aromatic N) is 1. The van der Waals surface area contributed by atoms with Gasteiger partial charge < -0.3 is 15.2 Å². The van der Waals surface area contributed by atoms with E-state index in [1.54, 1.807) is 13.8 Å². The molecule has 0 heterocycles. The first-order valence-corrected chi connectivity index (χ1v) is 10.1. The molecule has 0 fully saturated rings. The number of ether oxygens (including phenoxy) is 1. The zero-order chi connectivity index (χ0) is 20.7. The van der Waals surface area contributed by atoms with Crippen molar-refractivity contribution in [1.29, 1.82) is 0 Å². The van der Waals surface area contributed by atoms with Crippen molar-refractivity contribution >= 4 is 27.6 Å². The highest BCUT2D eigenvalue weighted by molar-refractivity contribution is 7.89. The maximum absolute atomic E-state index is 12.4. The predicted molar refractivity (Wildman–Crippen MR) is 104 cm³/mol. The normalized spacial score (nSPS) is 11.2. The summed E-state index contributed by atoms with van der Waals surface area (Å²) in [5, 5.41) is 11.9. The van der Waals surface area contributed by atoms with Gasteiger partial charge in [0.1, 0.15) is 5.75 Å². The highest BCUT2D eigenvalue weighted by Crippen LogP contribution is 2.18. The van der Waals surface area contributed by atoms with Gasteiger partial charge in [0.15, 0.2) is 6.61 Å². The molecule has 1 amide bonds. The minimum atomic E-state index is -3.57. The number of esters is 1. The molecule has 150 valence electrons. The molecule has 0 aliphatic carbocycles. The van der Waals surface area contributed by atoms with E-state index >= 15 is 0 Å². The maximum Gasteiger partial charge on any atom is 0.338 e. The Hall–Kier alpha value is -2.91. The minimum absolute atomic E-state index is 0.0846. The Bertz CT molecular complexity index is 937. The maximum atomic E-state index is 12.4. The first-order chi connectivity index (χ1) is 13.3. The van der Waals surface area contributed by atoms with Crippen molar-refractivity contribution in [3.8, 4) is 5.75 Å². The number of hydrogen-bond acceptors (Lipinski definition) is 6. The van der Waals surface area contributed by atoms with Gasteiger partial charge in [-0.25, -0.2) is 13.2 Å². The molecule has 0 saturated heterocycles. The number of anilines is 1. The van der Waals surface area contributed by atoms with Crippen molar-refractivity contribution in [3.63, 3.8) is 0 Å². The van der Waals surface area contributed by atoms with Crippen LogP contribution in [-0.2, 0) is 19.6 Å².